The lowest BCUT2D eigenvalue weighted by molar-refractivity contribution is -0.123. The molecule has 0 aromatic heterocycles. The van der Waals surface area contributed by atoms with Crippen molar-refractivity contribution in [2.24, 2.45) is 5.41 Å². The minimum atomic E-state index is -0.0342. The van der Waals surface area contributed by atoms with Gasteiger partial charge in [0, 0.05) is 19.0 Å². The van der Waals surface area contributed by atoms with Gasteiger partial charge in [0.15, 0.2) is 0 Å². The smallest absolute Gasteiger partial charge is 0.222 e. The van der Waals surface area contributed by atoms with Crippen molar-refractivity contribution in [1.29, 1.82) is 0 Å². The van der Waals surface area contributed by atoms with E-state index in [1.54, 1.807) is 0 Å². The molecule has 4 nitrogen and oxygen atoms in total. The molecular weight excluding hydrogens is 264 g/mol. The zero-order chi connectivity index (χ0) is 15.3. The fourth-order valence-corrected chi connectivity index (χ4v) is 2.64. The highest BCUT2D eigenvalue weighted by atomic mass is 16.5. The fraction of sp³-hybridized carbons (Fsp3) is 0.588. The predicted molar refractivity (Wildman–Crippen MR) is 84.0 cm³/mol. The fourth-order valence-electron chi connectivity index (χ4n) is 2.64. The summed E-state index contributed by atoms with van der Waals surface area (Å²) >= 11 is 0. The molecule has 0 bridgehead atoms. The van der Waals surface area contributed by atoms with E-state index in [0.29, 0.717) is 13.0 Å². The van der Waals surface area contributed by atoms with E-state index in [4.69, 9.17) is 4.74 Å². The first kappa shape index (κ1) is 16.0. The molecule has 4 heteroatoms. The molecule has 1 aromatic rings. The second-order valence-corrected chi connectivity index (χ2v) is 6.71. The van der Waals surface area contributed by atoms with Crippen LogP contribution in [0.2, 0.25) is 0 Å². The van der Waals surface area contributed by atoms with Crippen LogP contribution in [0, 0.1) is 5.41 Å². The predicted octanol–water partition coefficient (Wildman–Crippen LogP) is 2.27. The Hall–Kier alpha value is -1.39. The summed E-state index contributed by atoms with van der Waals surface area (Å²) in [7, 11) is 0. The SMILES string of the molecule is CC(C)(C)C(NC(=O)CC1COCCN1)c1ccccc1. The summed E-state index contributed by atoms with van der Waals surface area (Å²) in [6, 6.07) is 10.3. The normalized spacial score (nSPS) is 20.8. The molecule has 2 N–H and O–H groups in total. The number of nitrogens with one attached hydrogen (secondary N) is 2. The lowest BCUT2D eigenvalue weighted by Gasteiger charge is -2.33. The molecule has 1 aliphatic rings. The van der Waals surface area contributed by atoms with Crippen molar-refractivity contribution in [2.45, 2.75) is 39.3 Å². The summed E-state index contributed by atoms with van der Waals surface area (Å²) < 4.78 is 5.40. The number of hydrogen-bond acceptors (Lipinski definition) is 3. The number of hydrogen-bond donors (Lipinski definition) is 2. The first-order valence-electron chi connectivity index (χ1n) is 7.62. The summed E-state index contributed by atoms with van der Waals surface area (Å²) in [6.07, 6.45) is 0.458. The molecule has 0 spiro atoms. The minimum absolute atomic E-state index is 0.00992. The van der Waals surface area contributed by atoms with E-state index in [9.17, 15) is 4.79 Å². The van der Waals surface area contributed by atoms with Gasteiger partial charge in [0.2, 0.25) is 5.91 Å². The van der Waals surface area contributed by atoms with Crippen LogP contribution in [-0.2, 0) is 9.53 Å². The van der Waals surface area contributed by atoms with Gasteiger partial charge in [-0.3, -0.25) is 4.79 Å². The molecule has 1 aliphatic heterocycles. The van der Waals surface area contributed by atoms with Crippen LogP contribution >= 0.6 is 0 Å². The van der Waals surface area contributed by atoms with Crippen LogP contribution < -0.4 is 10.6 Å². The Morgan fingerprint density at radius 1 is 1.38 bits per heavy atom. The lowest BCUT2D eigenvalue weighted by atomic mass is 9.82. The van der Waals surface area contributed by atoms with Gasteiger partial charge in [0.25, 0.3) is 0 Å². The van der Waals surface area contributed by atoms with E-state index in [2.05, 4.69) is 43.5 Å². The van der Waals surface area contributed by atoms with Gasteiger partial charge in [0.05, 0.1) is 19.3 Å². The van der Waals surface area contributed by atoms with Crippen LogP contribution in [0.4, 0.5) is 0 Å². The van der Waals surface area contributed by atoms with Gasteiger partial charge in [-0.1, -0.05) is 51.1 Å². The topological polar surface area (TPSA) is 50.4 Å². The Morgan fingerprint density at radius 2 is 2.10 bits per heavy atom. The molecule has 2 unspecified atom stereocenters. The average molecular weight is 290 g/mol. The quantitative estimate of drug-likeness (QED) is 0.894. The third kappa shape index (κ3) is 4.83. The molecule has 0 saturated carbocycles. The van der Waals surface area contributed by atoms with Gasteiger partial charge in [-0.2, -0.15) is 0 Å². The molecule has 2 atom stereocenters. The van der Waals surface area contributed by atoms with E-state index >= 15 is 0 Å². The van der Waals surface area contributed by atoms with E-state index in [-0.39, 0.29) is 23.4 Å². The van der Waals surface area contributed by atoms with Crippen molar-refractivity contribution in [3.05, 3.63) is 35.9 Å². The zero-order valence-electron chi connectivity index (χ0n) is 13.2. The number of rotatable bonds is 4. The van der Waals surface area contributed by atoms with Crippen molar-refractivity contribution >= 4 is 5.91 Å². The second-order valence-electron chi connectivity index (χ2n) is 6.71. The molecule has 1 amide bonds. The number of benzene rings is 1. The highest BCUT2D eigenvalue weighted by Crippen LogP contribution is 2.32. The van der Waals surface area contributed by atoms with E-state index in [1.807, 2.05) is 18.2 Å². The third-order valence-electron chi connectivity index (χ3n) is 3.73. The second kappa shape index (κ2) is 7.05. The summed E-state index contributed by atoms with van der Waals surface area (Å²) in [5, 5.41) is 6.50. The Morgan fingerprint density at radius 3 is 2.67 bits per heavy atom. The molecule has 1 aromatic carbocycles. The largest absolute Gasteiger partial charge is 0.378 e. The molecule has 2 rings (SSSR count). The summed E-state index contributed by atoms with van der Waals surface area (Å²) in [4.78, 5) is 12.3. The van der Waals surface area contributed by atoms with Gasteiger partial charge in [-0.05, 0) is 11.0 Å². The van der Waals surface area contributed by atoms with Gasteiger partial charge in [0.1, 0.15) is 0 Å². The number of carbonyl (C=O) groups excluding carboxylic acids is 1. The maximum Gasteiger partial charge on any atom is 0.222 e. The first-order valence-corrected chi connectivity index (χ1v) is 7.62. The van der Waals surface area contributed by atoms with Crippen LogP contribution in [-0.4, -0.2) is 31.7 Å². The minimum Gasteiger partial charge on any atom is -0.378 e. The van der Waals surface area contributed by atoms with Gasteiger partial charge < -0.3 is 15.4 Å². The molecule has 1 fully saturated rings. The summed E-state index contributed by atoms with van der Waals surface area (Å²) in [6.45, 7) is 8.60. The average Bonchev–Trinajstić information content (AvgIpc) is 2.45. The van der Waals surface area contributed by atoms with Crippen LogP contribution in [0.1, 0.15) is 38.8 Å². The number of morpholine rings is 1. The molecule has 1 heterocycles. The molecule has 1 saturated heterocycles. The summed E-state index contributed by atoms with van der Waals surface area (Å²) in [5.41, 5.74) is 1.11. The zero-order valence-corrected chi connectivity index (χ0v) is 13.2. The Balaban J connectivity index is 2.00. The van der Waals surface area contributed by atoms with Crippen molar-refractivity contribution in [3.63, 3.8) is 0 Å². The molecule has 116 valence electrons. The molecule has 0 radical (unpaired) electrons. The van der Waals surface area contributed by atoms with Crippen LogP contribution in [0.25, 0.3) is 0 Å². The van der Waals surface area contributed by atoms with E-state index < -0.39 is 0 Å². The van der Waals surface area contributed by atoms with Crippen molar-refractivity contribution < 1.29 is 9.53 Å². The van der Waals surface area contributed by atoms with Gasteiger partial charge >= 0.3 is 0 Å². The standard InChI is InChI=1S/C17H26N2O2/c1-17(2,3)16(13-7-5-4-6-8-13)19-15(20)11-14-12-21-10-9-18-14/h4-8,14,16,18H,9-12H2,1-3H3,(H,19,20). The maximum absolute atomic E-state index is 12.3. The van der Waals surface area contributed by atoms with Crippen molar-refractivity contribution in [2.75, 3.05) is 19.8 Å². The first-order chi connectivity index (χ1) is 9.97. The highest BCUT2D eigenvalue weighted by Gasteiger charge is 2.28. The number of carbonyl (C=O) groups is 1. The molecule has 0 aliphatic carbocycles. The number of ether oxygens (including phenoxy) is 1. The maximum atomic E-state index is 12.3. The van der Waals surface area contributed by atoms with E-state index in [0.717, 1.165) is 18.7 Å². The Bertz CT molecular complexity index is 448. The van der Waals surface area contributed by atoms with Gasteiger partial charge in [-0.15, -0.1) is 0 Å². The number of amides is 1. The van der Waals surface area contributed by atoms with E-state index in [1.165, 1.54) is 0 Å². The summed E-state index contributed by atoms with van der Waals surface area (Å²) in [5.74, 6) is 0.0711. The Kier molecular flexibility index (Phi) is 5.37. The van der Waals surface area contributed by atoms with Gasteiger partial charge in [-0.25, -0.2) is 0 Å². The highest BCUT2D eigenvalue weighted by molar-refractivity contribution is 5.77. The Labute approximate surface area is 127 Å². The van der Waals surface area contributed by atoms with Crippen LogP contribution in [0.3, 0.4) is 0 Å². The lowest BCUT2D eigenvalue weighted by Crippen LogP contribution is -2.45. The molecule has 21 heavy (non-hydrogen) atoms. The van der Waals surface area contributed by atoms with Crippen LogP contribution in [0.15, 0.2) is 30.3 Å². The third-order valence-corrected chi connectivity index (χ3v) is 3.73. The van der Waals surface area contributed by atoms with Crippen LogP contribution in [0.5, 0.6) is 0 Å². The van der Waals surface area contributed by atoms with Crippen molar-refractivity contribution in [3.8, 4) is 0 Å². The molecular formula is C17H26N2O2. The monoisotopic (exact) mass is 290 g/mol. The van der Waals surface area contributed by atoms with Crippen molar-refractivity contribution in [1.82, 2.24) is 10.6 Å².